The predicted octanol–water partition coefficient (Wildman–Crippen LogP) is 2.39. The highest BCUT2D eigenvalue weighted by Gasteiger charge is 2.25. The molecule has 4 heterocycles. The van der Waals surface area contributed by atoms with Crippen molar-refractivity contribution in [2.24, 2.45) is 0 Å². The van der Waals surface area contributed by atoms with E-state index >= 15 is 0 Å². The molecule has 2 fully saturated rings. The molecule has 30 heavy (non-hydrogen) atoms. The lowest BCUT2D eigenvalue weighted by atomic mass is 10.1. The fourth-order valence-electron chi connectivity index (χ4n) is 4.34. The summed E-state index contributed by atoms with van der Waals surface area (Å²) in [5, 5.41) is 0. The number of ether oxygens (including phenoxy) is 1. The standard InChI is InChI=1S/C23H30N4O3/c1-17-7-11-27(16-20-5-3-14-30-20)23(29)21(17)22(28)26-10-4-9-25(12-13-26)19-6-8-24-18(2)15-19/h6-8,11,15,20H,3-5,9-10,12-14,16H2,1-2H3. The maximum Gasteiger partial charge on any atom is 0.263 e. The van der Waals surface area contributed by atoms with Crippen molar-refractivity contribution in [2.45, 2.75) is 45.8 Å². The molecule has 7 nitrogen and oxygen atoms in total. The van der Waals surface area contributed by atoms with Gasteiger partial charge in [0.2, 0.25) is 0 Å². The van der Waals surface area contributed by atoms with E-state index < -0.39 is 0 Å². The molecule has 0 radical (unpaired) electrons. The average Bonchev–Trinajstić information content (AvgIpc) is 3.11. The molecular formula is C23H30N4O3. The Labute approximate surface area is 177 Å². The Morgan fingerprint density at radius 1 is 1.17 bits per heavy atom. The smallest absolute Gasteiger partial charge is 0.263 e. The van der Waals surface area contributed by atoms with Crippen LogP contribution < -0.4 is 10.5 Å². The number of rotatable bonds is 4. The van der Waals surface area contributed by atoms with Gasteiger partial charge in [0.1, 0.15) is 5.56 Å². The van der Waals surface area contributed by atoms with Gasteiger partial charge in [0.05, 0.1) is 12.6 Å². The average molecular weight is 411 g/mol. The first kappa shape index (κ1) is 20.6. The number of nitrogens with zero attached hydrogens (tertiary/aromatic N) is 4. The molecule has 1 unspecified atom stereocenters. The molecule has 160 valence electrons. The Balaban J connectivity index is 1.50. The minimum Gasteiger partial charge on any atom is -0.376 e. The van der Waals surface area contributed by atoms with Gasteiger partial charge in [0.25, 0.3) is 11.5 Å². The van der Waals surface area contributed by atoms with E-state index in [-0.39, 0.29) is 17.6 Å². The Hall–Kier alpha value is -2.67. The SMILES string of the molecule is Cc1cc(N2CCCN(C(=O)c3c(C)ccn(CC4CCCO4)c3=O)CC2)ccn1. The second-order valence-corrected chi connectivity index (χ2v) is 8.25. The van der Waals surface area contributed by atoms with Crippen LogP contribution in [0.5, 0.6) is 0 Å². The Kier molecular flexibility index (Phi) is 6.18. The van der Waals surface area contributed by atoms with Gasteiger partial charge in [-0.3, -0.25) is 14.6 Å². The van der Waals surface area contributed by atoms with Crippen LogP contribution in [-0.2, 0) is 11.3 Å². The third-order valence-electron chi connectivity index (χ3n) is 6.04. The van der Waals surface area contributed by atoms with Gasteiger partial charge in [-0.2, -0.15) is 0 Å². The van der Waals surface area contributed by atoms with Crippen LogP contribution in [0.1, 0.15) is 40.9 Å². The van der Waals surface area contributed by atoms with Crippen LogP contribution in [-0.4, -0.2) is 59.2 Å². The van der Waals surface area contributed by atoms with Gasteiger partial charge in [0.15, 0.2) is 0 Å². The molecule has 1 amide bonds. The second kappa shape index (κ2) is 9.00. The molecule has 2 aromatic heterocycles. The molecule has 4 rings (SSSR count). The van der Waals surface area contributed by atoms with Gasteiger partial charge in [-0.05, 0) is 56.9 Å². The molecular weight excluding hydrogens is 380 g/mol. The Morgan fingerprint density at radius 2 is 2.03 bits per heavy atom. The molecule has 0 aliphatic carbocycles. The number of anilines is 1. The lowest BCUT2D eigenvalue weighted by Crippen LogP contribution is -2.40. The normalized spacial score (nSPS) is 19.7. The van der Waals surface area contributed by atoms with Gasteiger partial charge in [-0.25, -0.2) is 0 Å². The molecule has 0 spiro atoms. The number of hydrogen-bond acceptors (Lipinski definition) is 5. The highest BCUT2D eigenvalue weighted by atomic mass is 16.5. The molecule has 1 atom stereocenters. The number of aromatic nitrogens is 2. The lowest BCUT2D eigenvalue weighted by Gasteiger charge is -2.24. The molecule has 2 aromatic rings. The Morgan fingerprint density at radius 3 is 2.80 bits per heavy atom. The van der Waals surface area contributed by atoms with E-state index in [0.29, 0.717) is 25.2 Å². The monoisotopic (exact) mass is 410 g/mol. The first-order chi connectivity index (χ1) is 14.5. The van der Waals surface area contributed by atoms with Gasteiger partial charge in [-0.1, -0.05) is 0 Å². The van der Waals surface area contributed by atoms with Crippen molar-refractivity contribution in [3.05, 3.63) is 57.8 Å². The van der Waals surface area contributed by atoms with E-state index in [9.17, 15) is 9.59 Å². The zero-order chi connectivity index (χ0) is 21.1. The molecule has 2 aliphatic heterocycles. The van der Waals surface area contributed by atoms with Crippen LogP contribution in [0.4, 0.5) is 5.69 Å². The second-order valence-electron chi connectivity index (χ2n) is 8.25. The van der Waals surface area contributed by atoms with Crippen LogP contribution in [0.3, 0.4) is 0 Å². The summed E-state index contributed by atoms with van der Waals surface area (Å²) in [6.45, 7) is 7.95. The molecule has 0 aromatic carbocycles. The van der Waals surface area contributed by atoms with Gasteiger partial charge < -0.3 is 19.1 Å². The summed E-state index contributed by atoms with van der Waals surface area (Å²) in [7, 11) is 0. The van der Waals surface area contributed by atoms with Gasteiger partial charge >= 0.3 is 0 Å². The van der Waals surface area contributed by atoms with E-state index in [1.54, 1.807) is 10.8 Å². The van der Waals surface area contributed by atoms with Crippen LogP contribution in [0, 0.1) is 13.8 Å². The topological polar surface area (TPSA) is 67.7 Å². The maximum absolute atomic E-state index is 13.3. The molecule has 0 bridgehead atoms. The molecule has 2 aliphatic rings. The highest BCUT2D eigenvalue weighted by molar-refractivity contribution is 5.95. The minimum absolute atomic E-state index is 0.0592. The summed E-state index contributed by atoms with van der Waals surface area (Å²) < 4.78 is 7.31. The third kappa shape index (κ3) is 4.41. The van der Waals surface area contributed by atoms with E-state index in [1.165, 1.54) is 0 Å². The van der Waals surface area contributed by atoms with E-state index in [1.807, 2.05) is 37.1 Å². The van der Waals surface area contributed by atoms with Crippen LogP contribution >= 0.6 is 0 Å². The van der Waals surface area contributed by atoms with Crippen molar-refractivity contribution < 1.29 is 9.53 Å². The number of carbonyl (C=O) groups excluding carboxylic acids is 1. The molecule has 0 saturated carbocycles. The van der Waals surface area contributed by atoms with E-state index in [0.717, 1.165) is 55.9 Å². The lowest BCUT2D eigenvalue weighted by molar-refractivity contribution is 0.0760. The highest BCUT2D eigenvalue weighted by Crippen LogP contribution is 2.18. The number of carbonyl (C=O) groups is 1. The number of hydrogen-bond donors (Lipinski definition) is 0. The molecule has 0 N–H and O–H groups in total. The number of aryl methyl sites for hydroxylation is 2. The van der Waals surface area contributed by atoms with Crippen LogP contribution in [0.2, 0.25) is 0 Å². The number of amides is 1. The fraction of sp³-hybridized carbons (Fsp3) is 0.522. The fourth-order valence-corrected chi connectivity index (χ4v) is 4.34. The number of pyridine rings is 2. The van der Waals surface area contributed by atoms with Crippen molar-refractivity contribution in [3.63, 3.8) is 0 Å². The molecule has 7 heteroatoms. The minimum atomic E-state index is -0.207. The first-order valence-corrected chi connectivity index (χ1v) is 10.8. The summed E-state index contributed by atoms with van der Waals surface area (Å²) in [6, 6.07) is 5.95. The van der Waals surface area contributed by atoms with Gasteiger partial charge in [-0.15, -0.1) is 0 Å². The summed E-state index contributed by atoms with van der Waals surface area (Å²) in [6.07, 6.45) is 6.51. The van der Waals surface area contributed by atoms with Crippen molar-refractivity contribution in [1.82, 2.24) is 14.5 Å². The van der Waals surface area contributed by atoms with Crippen molar-refractivity contribution >= 4 is 11.6 Å². The van der Waals surface area contributed by atoms with Crippen LogP contribution in [0.15, 0.2) is 35.4 Å². The summed E-state index contributed by atoms with van der Waals surface area (Å²) in [4.78, 5) is 34.8. The zero-order valence-corrected chi connectivity index (χ0v) is 17.8. The van der Waals surface area contributed by atoms with Crippen molar-refractivity contribution in [2.75, 3.05) is 37.7 Å². The maximum atomic E-state index is 13.3. The summed E-state index contributed by atoms with van der Waals surface area (Å²) >= 11 is 0. The van der Waals surface area contributed by atoms with Crippen LogP contribution in [0.25, 0.3) is 0 Å². The van der Waals surface area contributed by atoms with E-state index in [4.69, 9.17) is 4.74 Å². The predicted molar refractivity (Wildman–Crippen MR) is 116 cm³/mol. The first-order valence-electron chi connectivity index (χ1n) is 10.8. The third-order valence-corrected chi connectivity index (χ3v) is 6.04. The Bertz CT molecular complexity index is 965. The zero-order valence-electron chi connectivity index (χ0n) is 17.8. The van der Waals surface area contributed by atoms with Crippen molar-refractivity contribution in [1.29, 1.82) is 0 Å². The van der Waals surface area contributed by atoms with E-state index in [2.05, 4.69) is 16.0 Å². The molecule has 2 saturated heterocycles. The van der Waals surface area contributed by atoms with Gasteiger partial charge in [0, 0.05) is 56.6 Å². The largest absolute Gasteiger partial charge is 0.376 e. The summed E-state index contributed by atoms with van der Waals surface area (Å²) in [5.74, 6) is -0.160. The summed E-state index contributed by atoms with van der Waals surface area (Å²) in [5.41, 5.74) is 2.94. The van der Waals surface area contributed by atoms with Crippen molar-refractivity contribution in [3.8, 4) is 0 Å². The quantitative estimate of drug-likeness (QED) is 0.774.